The number of carbonyl (C=O) groups is 2. The number of hydrogen-bond acceptors (Lipinski definition) is 3. The topological polar surface area (TPSA) is 58.2 Å². The minimum atomic E-state index is -0.0162. The largest absolute Gasteiger partial charge is 0.359 e. The Kier molecular flexibility index (Phi) is 7.67. The lowest BCUT2D eigenvalue weighted by Crippen LogP contribution is -2.19. The first kappa shape index (κ1) is 12.0. The van der Waals surface area contributed by atoms with Gasteiger partial charge in [0.05, 0.1) is 28.6 Å². The second-order valence-corrected chi connectivity index (χ2v) is 3.64. The van der Waals surface area contributed by atoms with Crippen LogP contribution in [0.2, 0.25) is 0 Å². The van der Waals surface area contributed by atoms with Crippen molar-refractivity contribution in [1.82, 2.24) is 8.85 Å². The first-order valence-electron chi connectivity index (χ1n) is 3.38. The van der Waals surface area contributed by atoms with Gasteiger partial charge in [-0.05, 0) is 0 Å². The lowest BCUT2D eigenvalue weighted by atomic mass is 10.5. The van der Waals surface area contributed by atoms with Crippen molar-refractivity contribution in [2.45, 2.75) is 6.42 Å². The predicted molar refractivity (Wildman–Crippen MR) is 58.2 cm³/mol. The van der Waals surface area contributed by atoms with Crippen molar-refractivity contribution in [1.29, 1.82) is 0 Å². The Bertz CT molecular complexity index is 148. The number of halogens is 1. The van der Waals surface area contributed by atoms with Crippen LogP contribution < -0.4 is 8.85 Å². The van der Waals surface area contributed by atoms with Crippen molar-refractivity contribution in [3.05, 3.63) is 0 Å². The highest BCUT2D eigenvalue weighted by atomic mass is 127. The molecule has 0 unspecified atom stereocenters. The van der Waals surface area contributed by atoms with Gasteiger partial charge in [-0.1, -0.05) is 0 Å². The Hall–Kier alpha value is 0.0200. The number of carbonyl (C=O) groups excluding carboxylic acids is 2. The predicted octanol–water partition coefficient (Wildman–Crippen LogP) is 0.322. The zero-order valence-electron chi connectivity index (χ0n) is 6.72. The second-order valence-electron chi connectivity index (χ2n) is 1.99. The van der Waals surface area contributed by atoms with Crippen LogP contribution in [-0.4, -0.2) is 30.4 Å². The Morgan fingerprint density at radius 1 is 1.42 bits per heavy atom. The van der Waals surface area contributed by atoms with Crippen LogP contribution >= 0.6 is 34.6 Å². The Morgan fingerprint density at radius 3 is 2.58 bits per heavy atom. The summed E-state index contributed by atoms with van der Waals surface area (Å²) in [5.74, 6) is 1.10. The number of thioether (sulfide) groups is 1. The first-order valence-corrected chi connectivity index (χ1v) is 5.62. The molecule has 0 heterocycles. The minimum Gasteiger partial charge on any atom is -0.359 e. The van der Waals surface area contributed by atoms with Gasteiger partial charge in [-0.15, -0.1) is 0 Å². The molecule has 0 saturated carbocycles. The fourth-order valence-corrected chi connectivity index (χ4v) is 1.66. The quantitative estimate of drug-likeness (QED) is 0.437. The minimum absolute atomic E-state index is 0.0115. The molecule has 0 rings (SSSR count). The maximum absolute atomic E-state index is 10.7. The van der Waals surface area contributed by atoms with Crippen molar-refractivity contribution >= 4 is 46.4 Å². The molecule has 0 radical (unpaired) electrons. The van der Waals surface area contributed by atoms with Crippen LogP contribution in [0.1, 0.15) is 6.42 Å². The molecule has 0 fully saturated rings. The number of nitrogens with one attached hydrogen (secondary N) is 2. The van der Waals surface area contributed by atoms with E-state index >= 15 is 0 Å². The lowest BCUT2D eigenvalue weighted by molar-refractivity contribution is -0.120. The molecule has 0 aromatic heterocycles. The van der Waals surface area contributed by atoms with E-state index in [1.165, 1.54) is 11.8 Å². The average Bonchev–Trinajstić information content (AvgIpc) is 2.11. The molecule has 12 heavy (non-hydrogen) atoms. The average molecular weight is 302 g/mol. The van der Waals surface area contributed by atoms with Gasteiger partial charge >= 0.3 is 0 Å². The van der Waals surface area contributed by atoms with Gasteiger partial charge in [0.25, 0.3) is 0 Å². The zero-order valence-corrected chi connectivity index (χ0v) is 9.70. The molecule has 6 heteroatoms. The smallest absolute Gasteiger partial charge is 0.238 e. The molecular formula is C6H11IN2O2S. The highest BCUT2D eigenvalue weighted by Crippen LogP contribution is 2.01. The molecule has 70 valence electrons. The number of amides is 2. The lowest BCUT2D eigenvalue weighted by Gasteiger charge is -1.99. The van der Waals surface area contributed by atoms with E-state index in [1.807, 2.05) is 0 Å². The molecule has 4 nitrogen and oxygen atoms in total. The standard InChI is InChI=1S/C6H11IN2O2S/c1-8-5(10)2-3-12-4-6(11)9-7/h2-4H2,1H3,(H,8,10)(H,9,11). The highest BCUT2D eigenvalue weighted by molar-refractivity contribution is 14.1. The van der Waals surface area contributed by atoms with Crippen molar-refractivity contribution < 1.29 is 9.59 Å². The molecule has 2 amide bonds. The molecule has 0 atom stereocenters. The van der Waals surface area contributed by atoms with E-state index in [-0.39, 0.29) is 11.8 Å². The van der Waals surface area contributed by atoms with Gasteiger partial charge < -0.3 is 5.32 Å². The van der Waals surface area contributed by atoms with Crippen molar-refractivity contribution in [3.8, 4) is 0 Å². The molecular weight excluding hydrogens is 291 g/mol. The summed E-state index contributed by atoms with van der Waals surface area (Å²) >= 11 is 3.25. The molecule has 0 aliphatic heterocycles. The Balaban J connectivity index is 3.21. The summed E-state index contributed by atoms with van der Waals surface area (Å²) in [6, 6.07) is 0. The monoisotopic (exact) mass is 302 g/mol. The summed E-state index contributed by atoms with van der Waals surface area (Å²) in [6.45, 7) is 0. The zero-order chi connectivity index (χ0) is 9.40. The molecule has 0 aromatic carbocycles. The number of rotatable bonds is 5. The van der Waals surface area contributed by atoms with Crippen LogP contribution in [0.15, 0.2) is 0 Å². The van der Waals surface area contributed by atoms with Crippen molar-refractivity contribution in [2.75, 3.05) is 18.6 Å². The van der Waals surface area contributed by atoms with E-state index in [4.69, 9.17) is 0 Å². The molecule has 0 bridgehead atoms. The third-order valence-electron chi connectivity index (χ3n) is 1.09. The first-order chi connectivity index (χ1) is 5.70. The number of hydrogen-bond donors (Lipinski definition) is 2. The van der Waals surface area contributed by atoms with Gasteiger partial charge in [0.15, 0.2) is 0 Å². The van der Waals surface area contributed by atoms with E-state index in [9.17, 15) is 9.59 Å². The van der Waals surface area contributed by atoms with Gasteiger partial charge in [-0.2, -0.15) is 11.8 Å². The van der Waals surface area contributed by atoms with E-state index in [0.29, 0.717) is 17.9 Å². The van der Waals surface area contributed by atoms with Gasteiger partial charge in [0, 0.05) is 19.2 Å². The highest BCUT2D eigenvalue weighted by Gasteiger charge is 2.00. The van der Waals surface area contributed by atoms with Gasteiger partial charge in [0.2, 0.25) is 11.8 Å². The fourth-order valence-electron chi connectivity index (χ4n) is 0.482. The maximum Gasteiger partial charge on any atom is 0.238 e. The summed E-state index contributed by atoms with van der Waals surface area (Å²) in [7, 11) is 1.60. The van der Waals surface area contributed by atoms with E-state index in [2.05, 4.69) is 8.85 Å². The maximum atomic E-state index is 10.7. The summed E-state index contributed by atoms with van der Waals surface area (Å²) in [5, 5.41) is 2.51. The molecule has 0 aromatic rings. The SMILES string of the molecule is CNC(=O)CCSCC(=O)NI. The third-order valence-corrected chi connectivity index (χ3v) is 2.65. The fraction of sp³-hybridized carbons (Fsp3) is 0.667. The Labute approximate surface area is 89.7 Å². The van der Waals surface area contributed by atoms with Crippen LogP contribution in [0.4, 0.5) is 0 Å². The third kappa shape index (κ3) is 6.71. The van der Waals surface area contributed by atoms with Gasteiger partial charge in [-0.3, -0.25) is 13.1 Å². The van der Waals surface area contributed by atoms with E-state index in [0.717, 1.165) is 0 Å². The van der Waals surface area contributed by atoms with E-state index < -0.39 is 0 Å². The molecule has 0 saturated heterocycles. The summed E-state index contributed by atoms with van der Waals surface area (Å²) in [4.78, 5) is 21.4. The van der Waals surface area contributed by atoms with Crippen LogP contribution in [0.5, 0.6) is 0 Å². The summed E-state index contributed by atoms with van der Waals surface area (Å²) in [5.41, 5.74) is 0. The molecule has 0 aliphatic rings. The summed E-state index contributed by atoms with van der Waals surface area (Å²) in [6.07, 6.45) is 0.468. The van der Waals surface area contributed by atoms with Crippen molar-refractivity contribution in [2.24, 2.45) is 0 Å². The summed E-state index contributed by atoms with van der Waals surface area (Å²) < 4.78 is 2.48. The van der Waals surface area contributed by atoms with Crippen LogP contribution in [0, 0.1) is 0 Å². The van der Waals surface area contributed by atoms with Crippen molar-refractivity contribution in [3.63, 3.8) is 0 Å². The van der Waals surface area contributed by atoms with Gasteiger partial charge in [-0.25, -0.2) is 0 Å². The second kappa shape index (κ2) is 7.66. The van der Waals surface area contributed by atoms with Gasteiger partial charge in [0.1, 0.15) is 0 Å². The van der Waals surface area contributed by atoms with Crippen LogP contribution in [0.3, 0.4) is 0 Å². The molecule has 0 spiro atoms. The Morgan fingerprint density at radius 2 is 2.08 bits per heavy atom. The normalized spacial score (nSPS) is 9.17. The van der Waals surface area contributed by atoms with Crippen LogP contribution in [-0.2, 0) is 9.59 Å². The molecule has 2 N–H and O–H groups in total. The van der Waals surface area contributed by atoms with Crippen LogP contribution in [0.25, 0.3) is 0 Å². The van der Waals surface area contributed by atoms with E-state index in [1.54, 1.807) is 29.9 Å². The molecule has 0 aliphatic carbocycles.